The molecule has 4 nitrogen and oxygen atoms in total. The number of aromatic nitrogens is 2. The van der Waals surface area contributed by atoms with E-state index in [1.807, 2.05) is 29.9 Å². The first-order chi connectivity index (χ1) is 10.6. The number of nitrogens with one attached hydrogen (secondary N) is 1. The average molecular weight is 297 g/mol. The standard InChI is InChI=1S/C18H23N3O/c1-5-12-22-18-9-7-6-8-16(18)13-19-11-10-17-14(2)20-21(4)15(17)3/h1,6-9,19H,10-13H2,2-4H3. The summed E-state index contributed by atoms with van der Waals surface area (Å²) in [7, 11) is 1.98. The van der Waals surface area contributed by atoms with Crippen molar-refractivity contribution in [2.75, 3.05) is 13.2 Å². The van der Waals surface area contributed by atoms with E-state index in [0.717, 1.165) is 36.5 Å². The Morgan fingerprint density at radius 1 is 1.32 bits per heavy atom. The Kier molecular flexibility index (Phi) is 5.62. The van der Waals surface area contributed by atoms with Gasteiger partial charge in [0.15, 0.2) is 0 Å². The molecule has 0 saturated heterocycles. The van der Waals surface area contributed by atoms with Crippen LogP contribution in [0.25, 0.3) is 0 Å². The Balaban J connectivity index is 1.88. The number of para-hydroxylation sites is 1. The molecule has 0 spiro atoms. The summed E-state index contributed by atoms with van der Waals surface area (Å²) in [6, 6.07) is 7.97. The maximum Gasteiger partial charge on any atom is 0.148 e. The Bertz CT molecular complexity index is 667. The summed E-state index contributed by atoms with van der Waals surface area (Å²) in [4.78, 5) is 0. The van der Waals surface area contributed by atoms with Crippen LogP contribution in [0.5, 0.6) is 5.75 Å². The van der Waals surface area contributed by atoms with E-state index < -0.39 is 0 Å². The predicted molar refractivity (Wildman–Crippen MR) is 88.9 cm³/mol. The molecule has 0 amide bonds. The van der Waals surface area contributed by atoms with Crippen LogP contribution in [-0.2, 0) is 20.0 Å². The zero-order valence-corrected chi connectivity index (χ0v) is 13.5. The van der Waals surface area contributed by atoms with E-state index in [4.69, 9.17) is 11.2 Å². The Morgan fingerprint density at radius 3 is 2.77 bits per heavy atom. The van der Waals surface area contributed by atoms with E-state index in [0.29, 0.717) is 6.61 Å². The summed E-state index contributed by atoms with van der Waals surface area (Å²) < 4.78 is 7.49. The van der Waals surface area contributed by atoms with Crippen molar-refractivity contribution in [3.63, 3.8) is 0 Å². The van der Waals surface area contributed by atoms with Crippen LogP contribution >= 0.6 is 0 Å². The topological polar surface area (TPSA) is 39.1 Å². The number of hydrogen-bond acceptors (Lipinski definition) is 3. The van der Waals surface area contributed by atoms with Crippen molar-refractivity contribution >= 4 is 0 Å². The van der Waals surface area contributed by atoms with Gasteiger partial charge in [-0.15, -0.1) is 6.42 Å². The Hall–Kier alpha value is -2.25. The normalized spacial score (nSPS) is 10.5. The third-order valence-electron chi connectivity index (χ3n) is 3.81. The molecule has 0 radical (unpaired) electrons. The molecule has 0 atom stereocenters. The summed E-state index contributed by atoms with van der Waals surface area (Å²) in [5.41, 5.74) is 4.79. The first-order valence-corrected chi connectivity index (χ1v) is 7.47. The molecule has 4 heteroatoms. The lowest BCUT2D eigenvalue weighted by Crippen LogP contribution is -2.18. The number of terminal acetylenes is 1. The zero-order valence-electron chi connectivity index (χ0n) is 13.5. The number of rotatable bonds is 7. The van der Waals surface area contributed by atoms with Crippen LogP contribution < -0.4 is 10.1 Å². The van der Waals surface area contributed by atoms with Gasteiger partial charge in [0.2, 0.25) is 0 Å². The third kappa shape index (κ3) is 3.90. The number of nitrogens with zero attached hydrogens (tertiary/aromatic N) is 2. The maximum absolute atomic E-state index is 5.55. The molecule has 0 aliphatic rings. The second-order valence-corrected chi connectivity index (χ2v) is 5.30. The van der Waals surface area contributed by atoms with E-state index in [-0.39, 0.29) is 0 Å². The van der Waals surface area contributed by atoms with E-state index in [1.165, 1.54) is 11.3 Å². The van der Waals surface area contributed by atoms with E-state index in [2.05, 4.69) is 36.2 Å². The fraction of sp³-hybridized carbons (Fsp3) is 0.389. The minimum atomic E-state index is 0.297. The number of hydrogen-bond donors (Lipinski definition) is 1. The first kappa shape index (κ1) is 16.1. The average Bonchev–Trinajstić information content (AvgIpc) is 2.76. The summed E-state index contributed by atoms with van der Waals surface area (Å²) in [5, 5.41) is 7.91. The van der Waals surface area contributed by atoms with E-state index >= 15 is 0 Å². The van der Waals surface area contributed by atoms with Crippen molar-refractivity contribution < 1.29 is 4.74 Å². The third-order valence-corrected chi connectivity index (χ3v) is 3.81. The van der Waals surface area contributed by atoms with Crippen LogP contribution in [0.1, 0.15) is 22.5 Å². The van der Waals surface area contributed by atoms with Gasteiger partial charge in [-0.3, -0.25) is 4.68 Å². The van der Waals surface area contributed by atoms with Gasteiger partial charge in [0.25, 0.3) is 0 Å². The van der Waals surface area contributed by atoms with Crippen LogP contribution in [0.15, 0.2) is 24.3 Å². The minimum Gasteiger partial charge on any atom is -0.481 e. The lowest BCUT2D eigenvalue weighted by molar-refractivity contribution is 0.365. The molecule has 2 aromatic rings. The molecule has 0 aliphatic heterocycles. The summed E-state index contributed by atoms with van der Waals surface area (Å²) >= 11 is 0. The number of aryl methyl sites for hydroxylation is 2. The van der Waals surface area contributed by atoms with E-state index in [1.54, 1.807) is 0 Å². The van der Waals surface area contributed by atoms with Gasteiger partial charge in [0, 0.05) is 24.8 Å². The lowest BCUT2D eigenvalue weighted by atomic mass is 10.1. The zero-order chi connectivity index (χ0) is 15.9. The molecule has 0 aliphatic carbocycles. The van der Waals surface area contributed by atoms with Crippen LogP contribution in [0.2, 0.25) is 0 Å². The van der Waals surface area contributed by atoms with Gasteiger partial charge in [-0.1, -0.05) is 24.1 Å². The highest BCUT2D eigenvalue weighted by Crippen LogP contribution is 2.17. The molecule has 22 heavy (non-hydrogen) atoms. The number of ether oxygens (including phenoxy) is 1. The van der Waals surface area contributed by atoms with Crippen LogP contribution in [-0.4, -0.2) is 22.9 Å². The molecular formula is C18H23N3O. The first-order valence-electron chi connectivity index (χ1n) is 7.47. The van der Waals surface area contributed by atoms with Gasteiger partial charge in [0.05, 0.1) is 5.69 Å². The number of benzene rings is 1. The van der Waals surface area contributed by atoms with Gasteiger partial charge < -0.3 is 10.1 Å². The van der Waals surface area contributed by atoms with Gasteiger partial charge in [0.1, 0.15) is 12.4 Å². The molecule has 2 rings (SSSR count). The highest BCUT2D eigenvalue weighted by molar-refractivity contribution is 5.33. The largest absolute Gasteiger partial charge is 0.481 e. The van der Waals surface area contributed by atoms with Gasteiger partial charge in [-0.2, -0.15) is 5.10 Å². The molecular weight excluding hydrogens is 274 g/mol. The van der Waals surface area contributed by atoms with Gasteiger partial charge in [-0.05, 0) is 38.4 Å². The van der Waals surface area contributed by atoms with Crippen molar-refractivity contribution in [3.8, 4) is 18.1 Å². The fourth-order valence-electron chi connectivity index (χ4n) is 2.53. The molecule has 0 fully saturated rings. The SMILES string of the molecule is C#CCOc1ccccc1CNCCc1c(C)nn(C)c1C. The van der Waals surface area contributed by atoms with Crippen molar-refractivity contribution in [2.24, 2.45) is 7.05 Å². The predicted octanol–water partition coefficient (Wildman–Crippen LogP) is 2.38. The highest BCUT2D eigenvalue weighted by atomic mass is 16.5. The van der Waals surface area contributed by atoms with Gasteiger partial charge in [-0.25, -0.2) is 0 Å². The Labute approximate surface area is 132 Å². The lowest BCUT2D eigenvalue weighted by Gasteiger charge is -2.10. The van der Waals surface area contributed by atoms with Crippen LogP contribution in [0.4, 0.5) is 0 Å². The summed E-state index contributed by atoms with van der Waals surface area (Å²) in [6.07, 6.45) is 6.22. The molecule has 1 aromatic heterocycles. The Morgan fingerprint density at radius 2 is 2.09 bits per heavy atom. The minimum absolute atomic E-state index is 0.297. The summed E-state index contributed by atoms with van der Waals surface area (Å²) in [5.74, 6) is 3.34. The molecule has 0 unspecified atom stereocenters. The fourth-order valence-corrected chi connectivity index (χ4v) is 2.53. The van der Waals surface area contributed by atoms with Gasteiger partial charge >= 0.3 is 0 Å². The molecule has 1 heterocycles. The second-order valence-electron chi connectivity index (χ2n) is 5.30. The summed E-state index contributed by atoms with van der Waals surface area (Å²) in [6.45, 7) is 6.13. The van der Waals surface area contributed by atoms with Crippen LogP contribution in [0.3, 0.4) is 0 Å². The monoisotopic (exact) mass is 297 g/mol. The molecule has 1 aromatic carbocycles. The molecule has 0 saturated carbocycles. The molecule has 116 valence electrons. The maximum atomic E-state index is 5.55. The highest BCUT2D eigenvalue weighted by Gasteiger charge is 2.08. The second kappa shape index (κ2) is 7.67. The van der Waals surface area contributed by atoms with E-state index in [9.17, 15) is 0 Å². The van der Waals surface area contributed by atoms with Crippen LogP contribution in [0, 0.1) is 26.2 Å². The van der Waals surface area contributed by atoms with Crippen molar-refractivity contribution in [3.05, 3.63) is 46.8 Å². The van der Waals surface area contributed by atoms with Crippen molar-refractivity contribution in [2.45, 2.75) is 26.8 Å². The van der Waals surface area contributed by atoms with Crippen molar-refractivity contribution in [1.29, 1.82) is 0 Å². The molecule has 0 bridgehead atoms. The smallest absolute Gasteiger partial charge is 0.148 e. The molecule has 1 N–H and O–H groups in total. The van der Waals surface area contributed by atoms with Crippen molar-refractivity contribution in [1.82, 2.24) is 15.1 Å². The quantitative estimate of drug-likeness (QED) is 0.630.